The molecule has 132 valence electrons. The van der Waals surface area contributed by atoms with Gasteiger partial charge in [-0.3, -0.25) is 0 Å². The van der Waals surface area contributed by atoms with Crippen LogP contribution in [0.1, 0.15) is 41.5 Å². The van der Waals surface area contributed by atoms with Gasteiger partial charge in [-0.05, 0) is 41.5 Å². The van der Waals surface area contributed by atoms with E-state index in [4.69, 9.17) is 29.0 Å². The maximum absolute atomic E-state index is 5.66. The molecule has 0 aliphatic rings. The SMILES string of the molecule is CC(C)OCCOc1cc(OOC(C)C)cc(OOC(C)C)c1. The zero-order valence-electron chi connectivity index (χ0n) is 14.8. The number of hydrogen-bond donors (Lipinski definition) is 0. The highest BCUT2D eigenvalue weighted by Gasteiger charge is 2.08. The van der Waals surface area contributed by atoms with Gasteiger partial charge in [0.2, 0.25) is 0 Å². The summed E-state index contributed by atoms with van der Waals surface area (Å²) in [6.07, 6.45) is 0.0524. The zero-order valence-corrected chi connectivity index (χ0v) is 14.8. The average molecular weight is 328 g/mol. The van der Waals surface area contributed by atoms with E-state index in [9.17, 15) is 0 Å². The first-order valence-electron chi connectivity index (χ1n) is 7.93. The largest absolute Gasteiger partial charge is 0.491 e. The molecule has 1 rings (SSSR count). The van der Waals surface area contributed by atoms with Gasteiger partial charge >= 0.3 is 0 Å². The summed E-state index contributed by atoms with van der Waals surface area (Å²) >= 11 is 0. The molecule has 0 atom stereocenters. The Bertz CT molecular complexity index is 414. The van der Waals surface area contributed by atoms with Gasteiger partial charge in [0, 0.05) is 18.2 Å². The maximum Gasteiger partial charge on any atom is 0.172 e. The van der Waals surface area contributed by atoms with Crippen molar-refractivity contribution >= 4 is 0 Å². The van der Waals surface area contributed by atoms with Crippen molar-refractivity contribution in [2.75, 3.05) is 13.2 Å². The third-order valence-electron chi connectivity index (χ3n) is 2.33. The topological polar surface area (TPSA) is 55.4 Å². The Morgan fingerprint density at radius 1 is 0.652 bits per heavy atom. The van der Waals surface area contributed by atoms with Crippen LogP contribution in [0.15, 0.2) is 18.2 Å². The molecule has 0 unspecified atom stereocenters. The molecule has 0 spiro atoms. The van der Waals surface area contributed by atoms with Crippen molar-refractivity contribution < 1.29 is 29.0 Å². The minimum atomic E-state index is -0.0599. The fourth-order valence-corrected chi connectivity index (χ4v) is 1.47. The number of hydrogen-bond acceptors (Lipinski definition) is 6. The van der Waals surface area contributed by atoms with Crippen LogP contribution in [0.2, 0.25) is 0 Å². The summed E-state index contributed by atoms with van der Waals surface area (Å²) in [4.78, 5) is 20.8. The van der Waals surface area contributed by atoms with E-state index in [1.807, 2.05) is 41.5 Å². The molecule has 0 saturated carbocycles. The standard InChI is InChI=1S/C17H28O6/c1-12(2)18-7-8-19-15-9-16(22-20-13(3)4)11-17(10-15)23-21-14(5)6/h9-14H,7-8H2,1-6H3. The minimum Gasteiger partial charge on any atom is -0.491 e. The highest BCUT2D eigenvalue weighted by Crippen LogP contribution is 2.28. The molecule has 23 heavy (non-hydrogen) atoms. The second-order valence-electron chi connectivity index (χ2n) is 5.86. The summed E-state index contributed by atoms with van der Waals surface area (Å²) in [6.45, 7) is 12.4. The summed E-state index contributed by atoms with van der Waals surface area (Å²) in [5.74, 6) is 1.54. The van der Waals surface area contributed by atoms with Crippen LogP contribution in [0.4, 0.5) is 0 Å². The van der Waals surface area contributed by atoms with Crippen molar-refractivity contribution in [3.05, 3.63) is 18.2 Å². The molecule has 0 saturated heterocycles. The van der Waals surface area contributed by atoms with Crippen molar-refractivity contribution in [3.63, 3.8) is 0 Å². The van der Waals surface area contributed by atoms with Gasteiger partial charge in [0.25, 0.3) is 0 Å². The molecule has 6 heteroatoms. The van der Waals surface area contributed by atoms with Crippen molar-refractivity contribution in [1.82, 2.24) is 0 Å². The van der Waals surface area contributed by atoms with E-state index in [0.29, 0.717) is 30.5 Å². The molecule has 0 radical (unpaired) electrons. The Balaban J connectivity index is 2.68. The predicted octanol–water partition coefficient (Wildman–Crippen LogP) is 3.93. The van der Waals surface area contributed by atoms with Crippen LogP contribution in [-0.4, -0.2) is 31.5 Å². The molecule has 0 amide bonds. The van der Waals surface area contributed by atoms with Gasteiger partial charge in [-0.2, -0.15) is 9.78 Å². The van der Waals surface area contributed by atoms with Gasteiger partial charge in [-0.25, -0.2) is 0 Å². The number of benzene rings is 1. The lowest BCUT2D eigenvalue weighted by atomic mass is 10.3. The number of rotatable bonds is 11. The lowest BCUT2D eigenvalue weighted by Crippen LogP contribution is -2.12. The number of ether oxygens (including phenoxy) is 2. The smallest absolute Gasteiger partial charge is 0.172 e. The second-order valence-corrected chi connectivity index (χ2v) is 5.86. The van der Waals surface area contributed by atoms with E-state index in [1.54, 1.807) is 18.2 Å². The molecular formula is C17H28O6. The molecule has 0 fully saturated rings. The molecule has 0 aliphatic carbocycles. The minimum absolute atomic E-state index is 0.0599. The fourth-order valence-electron chi connectivity index (χ4n) is 1.47. The quantitative estimate of drug-likeness (QED) is 0.348. The summed E-state index contributed by atoms with van der Waals surface area (Å²) in [6, 6.07) is 5.11. The zero-order chi connectivity index (χ0) is 17.2. The summed E-state index contributed by atoms with van der Waals surface area (Å²) in [5.41, 5.74) is 0. The summed E-state index contributed by atoms with van der Waals surface area (Å²) < 4.78 is 11.1. The van der Waals surface area contributed by atoms with Gasteiger partial charge in [0.1, 0.15) is 12.4 Å². The Labute approximate surface area is 138 Å². The van der Waals surface area contributed by atoms with E-state index in [-0.39, 0.29) is 18.3 Å². The Morgan fingerprint density at radius 2 is 1.13 bits per heavy atom. The van der Waals surface area contributed by atoms with Gasteiger partial charge < -0.3 is 19.2 Å². The van der Waals surface area contributed by atoms with Gasteiger partial charge in [0.15, 0.2) is 11.5 Å². The highest BCUT2D eigenvalue weighted by atomic mass is 17.2. The summed E-state index contributed by atoms with van der Waals surface area (Å²) in [5, 5.41) is 0. The van der Waals surface area contributed by atoms with Crippen molar-refractivity contribution in [3.8, 4) is 17.2 Å². The first kappa shape index (κ1) is 19.5. The second kappa shape index (κ2) is 10.3. The predicted molar refractivity (Wildman–Crippen MR) is 86.7 cm³/mol. The highest BCUT2D eigenvalue weighted by molar-refractivity contribution is 5.41. The molecule has 0 heterocycles. The van der Waals surface area contributed by atoms with Crippen LogP contribution in [0, 0.1) is 0 Å². The lowest BCUT2D eigenvalue weighted by molar-refractivity contribution is -0.240. The summed E-state index contributed by atoms with van der Waals surface area (Å²) in [7, 11) is 0. The fraction of sp³-hybridized carbons (Fsp3) is 0.647. The first-order valence-corrected chi connectivity index (χ1v) is 7.93. The average Bonchev–Trinajstić information content (AvgIpc) is 2.47. The lowest BCUT2D eigenvalue weighted by Gasteiger charge is -2.14. The van der Waals surface area contributed by atoms with Crippen LogP contribution < -0.4 is 14.5 Å². The normalized spacial score (nSPS) is 11.3. The molecule has 1 aromatic carbocycles. The van der Waals surface area contributed by atoms with E-state index in [1.165, 1.54) is 0 Å². The molecule has 0 N–H and O–H groups in total. The van der Waals surface area contributed by atoms with Crippen LogP contribution in [0.3, 0.4) is 0 Å². The molecule has 6 nitrogen and oxygen atoms in total. The van der Waals surface area contributed by atoms with Crippen molar-refractivity contribution in [1.29, 1.82) is 0 Å². The van der Waals surface area contributed by atoms with E-state index in [2.05, 4.69) is 0 Å². The van der Waals surface area contributed by atoms with Crippen molar-refractivity contribution in [2.24, 2.45) is 0 Å². The Kier molecular flexibility index (Phi) is 8.76. The van der Waals surface area contributed by atoms with Crippen LogP contribution >= 0.6 is 0 Å². The monoisotopic (exact) mass is 328 g/mol. The van der Waals surface area contributed by atoms with E-state index in [0.717, 1.165) is 0 Å². The van der Waals surface area contributed by atoms with E-state index < -0.39 is 0 Å². The Hall–Kier alpha value is -1.50. The molecule has 1 aromatic rings. The van der Waals surface area contributed by atoms with Crippen LogP contribution in [0.25, 0.3) is 0 Å². The molecule has 0 bridgehead atoms. The van der Waals surface area contributed by atoms with Crippen molar-refractivity contribution in [2.45, 2.75) is 59.9 Å². The van der Waals surface area contributed by atoms with E-state index >= 15 is 0 Å². The third kappa shape index (κ3) is 9.28. The van der Waals surface area contributed by atoms with Crippen LogP contribution in [0.5, 0.6) is 17.2 Å². The van der Waals surface area contributed by atoms with Gasteiger partial charge in [0.05, 0.1) is 24.9 Å². The Morgan fingerprint density at radius 3 is 1.57 bits per heavy atom. The molecular weight excluding hydrogens is 300 g/mol. The van der Waals surface area contributed by atoms with Gasteiger partial charge in [-0.1, -0.05) is 0 Å². The van der Waals surface area contributed by atoms with Gasteiger partial charge in [-0.15, -0.1) is 0 Å². The molecule has 0 aromatic heterocycles. The maximum atomic E-state index is 5.66. The third-order valence-corrected chi connectivity index (χ3v) is 2.33. The first-order chi connectivity index (χ1) is 10.9. The molecule has 0 aliphatic heterocycles. The van der Waals surface area contributed by atoms with Crippen LogP contribution in [-0.2, 0) is 14.5 Å².